The molecule has 0 bridgehead atoms. The molecule has 20 heavy (non-hydrogen) atoms. The van der Waals surface area contributed by atoms with Crippen molar-refractivity contribution in [2.75, 3.05) is 18.1 Å². The first-order valence-corrected chi connectivity index (χ1v) is 8.22. The Balaban J connectivity index is 2.24. The van der Waals surface area contributed by atoms with Crippen LogP contribution >= 0.6 is 0 Å². The van der Waals surface area contributed by atoms with Gasteiger partial charge in [0.2, 0.25) is 5.95 Å². The molecule has 1 heterocycles. The molecular weight excluding hydrogens is 276 g/mol. The molecule has 0 fully saturated rings. The minimum absolute atomic E-state index is 0.267. The fraction of sp³-hybridized carbons (Fsp3) is 0.385. The van der Waals surface area contributed by atoms with Gasteiger partial charge in [0.25, 0.3) is 0 Å². The lowest BCUT2D eigenvalue weighted by Gasteiger charge is -2.03. The molecule has 1 aromatic carbocycles. The number of aromatic amines is 1. The van der Waals surface area contributed by atoms with Crippen LogP contribution in [0, 0.1) is 5.92 Å². The maximum atomic E-state index is 11.5. The number of hydrogen-bond donors (Lipinski definition) is 2. The van der Waals surface area contributed by atoms with Gasteiger partial charge in [-0.1, -0.05) is 26.0 Å². The molecule has 0 radical (unpaired) electrons. The van der Waals surface area contributed by atoms with E-state index in [0.717, 1.165) is 6.54 Å². The standard InChI is InChI=1S/C13H18N4O2S/c1-9(2)8-14-13-15-12(16-17-13)10-5-4-6-11(7-10)20(3,18)19/h4-7,9H,8H2,1-3H3,(H2,14,15,16,17). The van der Waals surface area contributed by atoms with Crippen LogP contribution in [-0.2, 0) is 9.84 Å². The van der Waals surface area contributed by atoms with Gasteiger partial charge in [0, 0.05) is 18.4 Å². The Morgan fingerprint density at radius 2 is 2.10 bits per heavy atom. The summed E-state index contributed by atoms with van der Waals surface area (Å²) in [5.41, 5.74) is 0.693. The summed E-state index contributed by atoms with van der Waals surface area (Å²) < 4.78 is 23.1. The highest BCUT2D eigenvalue weighted by atomic mass is 32.2. The molecule has 0 saturated heterocycles. The third-order valence-electron chi connectivity index (χ3n) is 2.69. The smallest absolute Gasteiger partial charge is 0.242 e. The largest absolute Gasteiger partial charge is 0.353 e. The second kappa shape index (κ2) is 5.62. The highest BCUT2D eigenvalue weighted by Crippen LogP contribution is 2.20. The van der Waals surface area contributed by atoms with Crippen LogP contribution in [-0.4, -0.2) is 36.4 Å². The van der Waals surface area contributed by atoms with Gasteiger partial charge in [-0.2, -0.15) is 4.98 Å². The molecule has 2 N–H and O–H groups in total. The Labute approximate surface area is 118 Å². The maximum Gasteiger partial charge on any atom is 0.242 e. The summed E-state index contributed by atoms with van der Waals surface area (Å²) in [5.74, 6) is 1.55. The average Bonchev–Trinajstić information content (AvgIpc) is 2.84. The second-order valence-corrected chi connectivity index (χ2v) is 7.10. The molecule has 0 saturated carbocycles. The van der Waals surface area contributed by atoms with Crippen LogP contribution in [0.25, 0.3) is 11.4 Å². The first-order valence-electron chi connectivity index (χ1n) is 6.33. The number of aromatic nitrogens is 3. The van der Waals surface area contributed by atoms with Gasteiger partial charge in [-0.05, 0) is 18.1 Å². The number of hydrogen-bond acceptors (Lipinski definition) is 5. The van der Waals surface area contributed by atoms with Crippen molar-refractivity contribution in [3.63, 3.8) is 0 Å². The van der Waals surface area contributed by atoms with Crippen molar-refractivity contribution in [2.24, 2.45) is 5.92 Å². The normalized spacial score (nSPS) is 11.8. The van der Waals surface area contributed by atoms with E-state index < -0.39 is 9.84 Å². The zero-order valence-electron chi connectivity index (χ0n) is 11.7. The fourth-order valence-corrected chi connectivity index (χ4v) is 2.31. The second-order valence-electron chi connectivity index (χ2n) is 5.08. The lowest BCUT2D eigenvalue weighted by molar-refractivity contribution is 0.602. The van der Waals surface area contributed by atoms with Crippen molar-refractivity contribution in [2.45, 2.75) is 18.7 Å². The minimum atomic E-state index is -3.23. The predicted molar refractivity (Wildman–Crippen MR) is 78.3 cm³/mol. The molecule has 0 spiro atoms. The number of sulfone groups is 1. The van der Waals surface area contributed by atoms with Crippen LogP contribution in [0.4, 0.5) is 5.95 Å². The Morgan fingerprint density at radius 1 is 1.35 bits per heavy atom. The average molecular weight is 294 g/mol. The van der Waals surface area contributed by atoms with E-state index in [1.165, 1.54) is 6.26 Å². The summed E-state index contributed by atoms with van der Waals surface area (Å²) >= 11 is 0. The first-order chi connectivity index (χ1) is 9.36. The molecule has 6 nitrogen and oxygen atoms in total. The summed E-state index contributed by atoms with van der Waals surface area (Å²) in [7, 11) is -3.23. The molecule has 0 aliphatic carbocycles. The molecule has 108 valence electrons. The zero-order valence-corrected chi connectivity index (χ0v) is 12.5. The summed E-state index contributed by atoms with van der Waals surface area (Å²) in [6, 6.07) is 6.63. The molecule has 0 amide bonds. The third-order valence-corrected chi connectivity index (χ3v) is 3.80. The van der Waals surface area contributed by atoms with Crippen molar-refractivity contribution in [3.05, 3.63) is 24.3 Å². The molecule has 1 aromatic heterocycles. The van der Waals surface area contributed by atoms with E-state index in [1.54, 1.807) is 24.3 Å². The van der Waals surface area contributed by atoms with E-state index in [-0.39, 0.29) is 4.90 Å². The van der Waals surface area contributed by atoms with Crippen LogP contribution in [0.15, 0.2) is 29.2 Å². The molecule has 0 atom stereocenters. The van der Waals surface area contributed by atoms with Gasteiger partial charge in [0.05, 0.1) is 4.90 Å². The lowest BCUT2D eigenvalue weighted by atomic mass is 10.2. The molecule has 0 aliphatic heterocycles. The molecule has 0 aliphatic rings. The van der Waals surface area contributed by atoms with E-state index in [0.29, 0.717) is 23.3 Å². The Hall–Kier alpha value is -1.89. The van der Waals surface area contributed by atoms with Gasteiger partial charge in [0.15, 0.2) is 15.7 Å². The van der Waals surface area contributed by atoms with Crippen molar-refractivity contribution >= 4 is 15.8 Å². The first kappa shape index (κ1) is 14.5. The summed E-state index contributed by atoms with van der Waals surface area (Å²) in [6.07, 6.45) is 1.18. The van der Waals surface area contributed by atoms with Crippen molar-refractivity contribution in [3.8, 4) is 11.4 Å². The minimum Gasteiger partial charge on any atom is -0.353 e. The van der Waals surface area contributed by atoms with Crippen LogP contribution in [0.1, 0.15) is 13.8 Å². The fourth-order valence-electron chi connectivity index (χ4n) is 1.64. The third kappa shape index (κ3) is 3.57. The summed E-state index contributed by atoms with van der Waals surface area (Å²) in [6.45, 7) is 4.97. The van der Waals surface area contributed by atoms with Gasteiger partial charge in [-0.15, -0.1) is 5.10 Å². The SMILES string of the molecule is CC(C)CNc1n[nH]c(-c2cccc(S(C)(=O)=O)c2)n1. The van der Waals surface area contributed by atoms with Gasteiger partial charge in [-0.3, -0.25) is 5.10 Å². The van der Waals surface area contributed by atoms with E-state index in [9.17, 15) is 8.42 Å². The van der Waals surface area contributed by atoms with Crippen LogP contribution < -0.4 is 5.32 Å². The Kier molecular flexibility index (Phi) is 4.08. The number of anilines is 1. The summed E-state index contributed by atoms with van der Waals surface area (Å²) in [5, 5.41) is 9.97. The van der Waals surface area contributed by atoms with Crippen molar-refractivity contribution in [1.82, 2.24) is 15.2 Å². The topological polar surface area (TPSA) is 87.7 Å². The quantitative estimate of drug-likeness (QED) is 0.880. The Bertz CT molecular complexity index is 692. The molecule has 2 rings (SSSR count). The molecule has 0 unspecified atom stereocenters. The van der Waals surface area contributed by atoms with E-state index in [1.807, 2.05) is 0 Å². The van der Waals surface area contributed by atoms with Gasteiger partial charge >= 0.3 is 0 Å². The van der Waals surface area contributed by atoms with Crippen molar-refractivity contribution in [1.29, 1.82) is 0 Å². The highest BCUT2D eigenvalue weighted by Gasteiger charge is 2.11. The summed E-state index contributed by atoms with van der Waals surface area (Å²) in [4.78, 5) is 4.57. The zero-order chi connectivity index (χ0) is 14.8. The van der Waals surface area contributed by atoms with E-state index >= 15 is 0 Å². The number of nitrogens with one attached hydrogen (secondary N) is 2. The van der Waals surface area contributed by atoms with Gasteiger partial charge in [0.1, 0.15) is 0 Å². The monoisotopic (exact) mass is 294 g/mol. The lowest BCUT2D eigenvalue weighted by Crippen LogP contribution is -2.08. The van der Waals surface area contributed by atoms with Crippen LogP contribution in [0.5, 0.6) is 0 Å². The van der Waals surface area contributed by atoms with Crippen LogP contribution in [0.2, 0.25) is 0 Å². The number of nitrogens with zero attached hydrogens (tertiary/aromatic N) is 2. The van der Waals surface area contributed by atoms with E-state index in [4.69, 9.17) is 0 Å². The van der Waals surface area contributed by atoms with Crippen LogP contribution in [0.3, 0.4) is 0 Å². The predicted octanol–water partition coefficient (Wildman–Crippen LogP) is 1.94. The van der Waals surface area contributed by atoms with Crippen molar-refractivity contribution < 1.29 is 8.42 Å². The maximum absolute atomic E-state index is 11.5. The number of H-pyrrole nitrogens is 1. The molecule has 2 aromatic rings. The number of rotatable bonds is 5. The highest BCUT2D eigenvalue weighted by molar-refractivity contribution is 7.90. The Morgan fingerprint density at radius 3 is 2.75 bits per heavy atom. The van der Waals surface area contributed by atoms with E-state index in [2.05, 4.69) is 34.3 Å². The van der Waals surface area contributed by atoms with Gasteiger partial charge in [-0.25, -0.2) is 8.42 Å². The molecule has 7 heteroatoms. The molecular formula is C13H18N4O2S. The van der Waals surface area contributed by atoms with Gasteiger partial charge < -0.3 is 5.32 Å². The number of benzene rings is 1.